The minimum atomic E-state index is -0.364. The quantitative estimate of drug-likeness (QED) is 0.429. The first kappa shape index (κ1) is 22.2. The summed E-state index contributed by atoms with van der Waals surface area (Å²) in [5, 5.41) is 13.7. The number of nitrogens with one attached hydrogen (secondary N) is 1. The zero-order chi connectivity index (χ0) is 21.5. The van der Waals surface area contributed by atoms with Crippen molar-refractivity contribution in [3.8, 4) is 11.8 Å². The lowest BCUT2D eigenvalue weighted by molar-refractivity contribution is -0.118. The molecule has 1 saturated carbocycles. The zero-order valence-corrected chi connectivity index (χ0v) is 18.3. The summed E-state index contributed by atoms with van der Waals surface area (Å²) in [6.45, 7) is 2.44. The second-order valence-corrected chi connectivity index (χ2v) is 8.49. The minimum absolute atomic E-state index is 0.0302. The lowest BCUT2D eigenvalue weighted by Gasteiger charge is -2.29. The fraction of sp³-hybridized carbons (Fsp3) is 0.333. The molecule has 156 valence electrons. The summed E-state index contributed by atoms with van der Waals surface area (Å²) in [5.41, 5.74) is 1.52. The summed E-state index contributed by atoms with van der Waals surface area (Å²) in [6.07, 6.45) is 5.84. The average molecular weight is 443 g/mol. The lowest BCUT2D eigenvalue weighted by Crippen LogP contribution is -2.41. The Morgan fingerprint density at radius 3 is 2.70 bits per heavy atom. The van der Waals surface area contributed by atoms with Gasteiger partial charge in [0.05, 0.1) is 0 Å². The Labute approximate surface area is 187 Å². The van der Waals surface area contributed by atoms with Gasteiger partial charge >= 0.3 is 0 Å². The van der Waals surface area contributed by atoms with E-state index in [0.717, 1.165) is 24.8 Å². The Kier molecular flexibility index (Phi) is 7.79. The number of rotatable bonds is 6. The van der Waals surface area contributed by atoms with Crippen LogP contribution >= 0.6 is 23.2 Å². The van der Waals surface area contributed by atoms with Gasteiger partial charge in [0, 0.05) is 21.7 Å². The second-order valence-electron chi connectivity index (χ2n) is 7.61. The molecule has 2 aromatic carbocycles. The maximum absolute atomic E-state index is 12.7. The van der Waals surface area contributed by atoms with Gasteiger partial charge in [-0.25, -0.2) is 0 Å². The van der Waals surface area contributed by atoms with E-state index in [9.17, 15) is 10.1 Å². The minimum Gasteiger partial charge on any atom is -0.488 e. The molecule has 6 heteroatoms. The van der Waals surface area contributed by atoms with E-state index in [-0.39, 0.29) is 17.5 Å². The lowest BCUT2D eigenvalue weighted by atomic mass is 9.86. The number of ether oxygens (including phenoxy) is 1. The van der Waals surface area contributed by atoms with Gasteiger partial charge in [0.25, 0.3) is 5.91 Å². The first-order valence-electron chi connectivity index (χ1n) is 10.1. The number of benzene rings is 2. The molecule has 0 aliphatic heterocycles. The molecule has 0 aromatic heterocycles. The highest BCUT2D eigenvalue weighted by Crippen LogP contribution is 2.27. The smallest absolute Gasteiger partial charge is 0.262 e. The van der Waals surface area contributed by atoms with E-state index >= 15 is 0 Å². The number of carbonyl (C=O) groups excluding carboxylic acids is 1. The molecule has 0 saturated heterocycles. The average Bonchev–Trinajstić information content (AvgIpc) is 2.73. The van der Waals surface area contributed by atoms with E-state index in [0.29, 0.717) is 33.9 Å². The van der Waals surface area contributed by atoms with Crippen molar-refractivity contribution in [3.63, 3.8) is 0 Å². The predicted molar refractivity (Wildman–Crippen MR) is 120 cm³/mol. The number of hydrogen-bond donors (Lipinski definition) is 1. The molecule has 0 spiro atoms. The van der Waals surface area contributed by atoms with E-state index in [2.05, 4.69) is 12.2 Å². The van der Waals surface area contributed by atoms with Crippen LogP contribution in [0.4, 0.5) is 0 Å². The molecule has 0 radical (unpaired) electrons. The molecule has 1 N–H and O–H groups in total. The normalized spacial score (nSPS) is 19.1. The number of carbonyl (C=O) groups is 1. The van der Waals surface area contributed by atoms with Gasteiger partial charge in [-0.15, -0.1) is 0 Å². The van der Waals surface area contributed by atoms with Gasteiger partial charge in [-0.05, 0) is 60.7 Å². The fourth-order valence-electron chi connectivity index (χ4n) is 3.63. The molecule has 0 heterocycles. The third kappa shape index (κ3) is 6.01. The highest BCUT2D eigenvalue weighted by Gasteiger charge is 2.24. The van der Waals surface area contributed by atoms with Gasteiger partial charge < -0.3 is 10.1 Å². The second kappa shape index (κ2) is 10.5. The first-order valence-corrected chi connectivity index (χ1v) is 10.8. The Hall–Kier alpha value is -2.48. The molecule has 2 aromatic rings. The van der Waals surface area contributed by atoms with Crippen LogP contribution in [0.15, 0.2) is 48.0 Å². The maximum Gasteiger partial charge on any atom is 0.262 e. The van der Waals surface area contributed by atoms with Crippen molar-refractivity contribution in [3.05, 3.63) is 69.2 Å². The van der Waals surface area contributed by atoms with Crippen LogP contribution < -0.4 is 10.1 Å². The van der Waals surface area contributed by atoms with E-state index < -0.39 is 0 Å². The van der Waals surface area contributed by atoms with Crippen LogP contribution in [-0.4, -0.2) is 11.9 Å². The molecule has 1 aliphatic rings. The van der Waals surface area contributed by atoms with Crippen molar-refractivity contribution in [2.45, 2.75) is 45.3 Å². The van der Waals surface area contributed by atoms with Crippen LogP contribution in [0.5, 0.6) is 5.75 Å². The molecule has 3 rings (SSSR count). The highest BCUT2D eigenvalue weighted by atomic mass is 35.5. The van der Waals surface area contributed by atoms with Crippen molar-refractivity contribution < 1.29 is 9.53 Å². The Morgan fingerprint density at radius 2 is 1.97 bits per heavy atom. The Balaban J connectivity index is 1.78. The summed E-state index contributed by atoms with van der Waals surface area (Å²) < 4.78 is 5.92. The Bertz CT molecular complexity index is 981. The van der Waals surface area contributed by atoms with E-state index in [1.807, 2.05) is 24.3 Å². The number of amides is 1. The van der Waals surface area contributed by atoms with Gasteiger partial charge in [-0.2, -0.15) is 5.26 Å². The van der Waals surface area contributed by atoms with E-state index in [1.165, 1.54) is 12.5 Å². The van der Waals surface area contributed by atoms with E-state index in [4.69, 9.17) is 27.9 Å². The summed E-state index contributed by atoms with van der Waals surface area (Å²) in [4.78, 5) is 12.7. The summed E-state index contributed by atoms with van der Waals surface area (Å²) in [7, 11) is 0. The largest absolute Gasteiger partial charge is 0.488 e. The first-order chi connectivity index (χ1) is 14.5. The SMILES string of the molecule is C[C@@H]1CCCC[C@@H]1NC(=O)/C(C#N)=C/c1cc(Cl)ccc1OCc1cccc(Cl)c1. The van der Waals surface area contributed by atoms with Gasteiger partial charge in [0.15, 0.2) is 0 Å². The molecule has 1 amide bonds. The Morgan fingerprint density at radius 1 is 1.20 bits per heavy atom. The van der Waals surface area contributed by atoms with E-state index in [1.54, 1.807) is 24.3 Å². The summed E-state index contributed by atoms with van der Waals surface area (Å²) in [6, 6.07) is 14.6. The van der Waals surface area contributed by atoms with Crippen molar-refractivity contribution in [1.82, 2.24) is 5.32 Å². The van der Waals surface area contributed by atoms with Crippen LogP contribution in [0, 0.1) is 17.2 Å². The van der Waals surface area contributed by atoms with Crippen LogP contribution in [0.1, 0.15) is 43.7 Å². The van der Waals surface area contributed by atoms with Crippen molar-refractivity contribution in [2.75, 3.05) is 0 Å². The van der Waals surface area contributed by atoms with Gasteiger partial charge in [0.1, 0.15) is 24.0 Å². The summed E-state index contributed by atoms with van der Waals surface area (Å²) in [5.74, 6) is 0.577. The molecule has 4 nitrogen and oxygen atoms in total. The topological polar surface area (TPSA) is 62.1 Å². The fourth-order valence-corrected chi connectivity index (χ4v) is 4.03. The van der Waals surface area contributed by atoms with Crippen molar-refractivity contribution >= 4 is 35.2 Å². The predicted octanol–water partition coefficient (Wildman–Crippen LogP) is 6.17. The third-order valence-electron chi connectivity index (χ3n) is 5.35. The monoisotopic (exact) mass is 442 g/mol. The summed E-state index contributed by atoms with van der Waals surface area (Å²) >= 11 is 12.2. The number of nitrogens with zero attached hydrogens (tertiary/aromatic N) is 1. The van der Waals surface area contributed by atoms with Crippen molar-refractivity contribution in [1.29, 1.82) is 5.26 Å². The van der Waals surface area contributed by atoms with Gasteiger partial charge in [-0.1, -0.05) is 55.1 Å². The van der Waals surface area contributed by atoms with Crippen molar-refractivity contribution in [2.24, 2.45) is 5.92 Å². The zero-order valence-electron chi connectivity index (χ0n) is 16.8. The number of hydrogen-bond acceptors (Lipinski definition) is 3. The number of halogens is 2. The standard InChI is InChI=1S/C24H24Cl2N2O2/c1-16-5-2-3-8-22(16)28-24(29)19(14-27)12-18-13-21(26)9-10-23(18)30-15-17-6-4-7-20(25)11-17/h4,6-7,9-13,16,22H,2-3,5,8,15H2,1H3,(H,28,29)/b19-12+/t16-,22+/m1/s1. The van der Waals surface area contributed by atoms with Gasteiger partial charge in [-0.3, -0.25) is 4.79 Å². The molecule has 1 fully saturated rings. The molecule has 2 atom stereocenters. The molecule has 0 unspecified atom stereocenters. The van der Waals surface area contributed by atoms with Crippen LogP contribution in [0.3, 0.4) is 0 Å². The van der Waals surface area contributed by atoms with Crippen LogP contribution in [0.25, 0.3) is 6.08 Å². The molecule has 1 aliphatic carbocycles. The van der Waals surface area contributed by atoms with Gasteiger partial charge in [0.2, 0.25) is 0 Å². The molecular formula is C24H24Cl2N2O2. The molecule has 30 heavy (non-hydrogen) atoms. The number of nitriles is 1. The molecular weight excluding hydrogens is 419 g/mol. The highest BCUT2D eigenvalue weighted by molar-refractivity contribution is 6.31. The van der Waals surface area contributed by atoms with Crippen LogP contribution in [0.2, 0.25) is 10.0 Å². The molecule has 0 bridgehead atoms. The third-order valence-corrected chi connectivity index (χ3v) is 5.82. The maximum atomic E-state index is 12.7. The van der Waals surface area contributed by atoms with Crippen LogP contribution in [-0.2, 0) is 11.4 Å².